The summed E-state index contributed by atoms with van der Waals surface area (Å²) in [6, 6.07) is 5.90. The fourth-order valence-corrected chi connectivity index (χ4v) is 2.99. The van der Waals surface area contributed by atoms with Gasteiger partial charge in [-0.1, -0.05) is 32.9 Å². The van der Waals surface area contributed by atoms with Crippen molar-refractivity contribution in [2.75, 3.05) is 0 Å². The van der Waals surface area contributed by atoms with Gasteiger partial charge in [0.2, 0.25) is 0 Å². The van der Waals surface area contributed by atoms with Crippen LogP contribution in [0.15, 0.2) is 18.2 Å². The van der Waals surface area contributed by atoms with E-state index >= 15 is 0 Å². The van der Waals surface area contributed by atoms with E-state index in [2.05, 4.69) is 20.8 Å². The molecule has 1 aromatic rings. The second-order valence-electron chi connectivity index (χ2n) is 4.91. The zero-order valence-electron chi connectivity index (χ0n) is 9.82. The molecule has 2 nitrogen and oxygen atoms in total. The Hall–Kier alpha value is -1.09. The molecule has 2 rings (SSSR count). The highest BCUT2D eigenvalue weighted by atomic mass is 32.2. The summed E-state index contributed by atoms with van der Waals surface area (Å²) in [4.78, 5) is 0. The van der Waals surface area contributed by atoms with Crippen LogP contribution in [0.2, 0.25) is 0 Å². The summed E-state index contributed by atoms with van der Waals surface area (Å²) in [6.07, 6.45) is 1.03. The molecule has 0 saturated heterocycles. The minimum atomic E-state index is -3.12. The van der Waals surface area contributed by atoms with Gasteiger partial charge in [0.15, 0.2) is 9.84 Å². The Morgan fingerprint density at radius 2 is 1.75 bits per heavy atom. The van der Waals surface area contributed by atoms with E-state index in [1.54, 1.807) is 0 Å². The number of hydrogen-bond donors (Lipinski definition) is 0. The van der Waals surface area contributed by atoms with Gasteiger partial charge in [-0.2, -0.15) is 0 Å². The average Bonchev–Trinajstić information content (AvgIpc) is 2.50. The molecule has 0 bridgehead atoms. The molecule has 0 atom stereocenters. The van der Waals surface area contributed by atoms with Gasteiger partial charge < -0.3 is 0 Å². The first-order valence-electron chi connectivity index (χ1n) is 5.43. The van der Waals surface area contributed by atoms with Crippen LogP contribution >= 0.6 is 0 Å². The molecule has 0 aliphatic carbocycles. The third-order valence-corrected chi connectivity index (χ3v) is 4.50. The molecule has 1 heterocycles. The maximum atomic E-state index is 11.4. The summed E-state index contributed by atoms with van der Waals surface area (Å²) in [6.45, 7) is 6.48. The lowest BCUT2D eigenvalue weighted by Gasteiger charge is -2.23. The molecular weight excluding hydrogens is 220 g/mol. The molecule has 86 valence electrons. The summed E-state index contributed by atoms with van der Waals surface area (Å²) >= 11 is 0. The van der Waals surface area contributed by atoms with Gasteiger partial charge in [0.05, 0.1) is 0 Å². The summed E-state index contributed by atoms with van der Waals surface area (Å²) in [5, 5.41) is 4.29. The van der Waals surface area contributed by atoms with E-state index in [0.717, 1.165) is 16.9 Å². The Morgan fingerprint density at radius 1 is 1.12 bits per heavy atom. The van der Waals surface area contributed by atoms with E-state index in [4.69, 9.17) is 0 Å². The van der Waals surface area contributed by atoms with Gasteiger partial charge in [0.1, 0.15) is 0 Å². The molecule has 1 aliphatic heterocycles. The van der Waals surface area contributed by atoms with Crippen LogP contribution < -0.4 is 10.4 Å². The van der Waals surface area contributed by atoms with E-state index < -0.39 is 9.84 Å². The van der Waals surface area contributed by atoms with Crippen LogP contribution in [-0.4, -0.2) is 8.42 Å². The van der Waals surface area contributed by atoms with Crippen molar-refractivity contribution in [1.29, 1.82) is 0 Å². The van der Waals surface area contributed by atoms with Gasteiger partial charge in [0.25, 0.3) is 0 Å². The minimum absolute atomic E-state index is 0.0925. The maximum Gasteiger partial charge on any atom is 0.194 e. The van der Waals surface area contributed by atoms with Gasteiger partial charge in [-0.3, -0.25) is 0 Å². The van der Waals surface area contributed by atoms with E-state index in [0.29, 0.717) is 0 Å². The molecule has 0 spiro atoms. The number of rotatable bonds is 2. The smallest absolute Gasteiger partial charge is 0.194 e. The third-order valence-electron chi connectivity index (χ3n) is 3.33. The minimum Gasteiger partial charge on any atom is -0.220 e. The molecule has 0 amide bonds. The highest BCUT2D eigenvalue weighted by Gasteiger charge is 2.19. The van der Waals surface area contributed by atoms with E-state index in [9.17, 15) is 8.42 Å². The van der Waals surface area contributed by atoms with Crippen LogP contribution in [0.25, 0.3) is 10.8 Å². The van der Waals surface area contributed by atoms with Crippen LogP contribution in [-0.2, 0) is 15.3 Å². The van der Waals surface area contributed by atoms with Crippen molar-refractivity contribution in [3.05, 3.63) is 34.2 Å². The Labute approximate surface area is 96.2 Å². The number of fused-ring (bicyclic) bond motifs is 1. The molecule has 16 heavy (non-hydrogen) atoms. The second-order valence-corrected chi connectivity index (χ2v) is 6.56. The largest absolute Gasteiger partial charge is 0.220 e. The van der Waals surface area contributed by atoms with Gasteiger partial charge >= 0.3 is 0 Å². The quantitative estimate of drug-likeness (QED) is 0.775. The SMILES string of the molecule is CCC(C)(C)c1ccc2c(c1)=CS(=O)(=O)C=2. The summed E-state index contributed by atoms with van der Waals surface area (Å²) in [5.74, 6) is 0. The summed E-state index contributed by atoms with van der Waals surface area (Å²) < 4.78 is 22.8. The van der Waals surface area contributed by atoms with Crippen molar-refractivity contribution in [3.8, 4) is 0 Å². The fourth-order valence-electron chi connectivity index (χ4n) is 1.80. The predicted octanol–water partition coefficient (Wildman–Crippen LogP) is 1.28. The highest BCUT2D eigenvalue weighted by Crippen LogP contribution is 2.24. The predicted molar refractivity (Wildman–Crippen MR) is 66.9 cm³/mol. The van der Waals surface area contributed by atoms with Crippen LogP contribution in [0.1, 0.15) is 32.8 Å². The first-order valence-corrected chi connectivity index (χ1v) is 7.04. The van der Waals surface area contributed by atoms with Crippen molar-refractivity contribution in [1.82, 2.24) is 0 Å². The molecule has 0 saturated carbocycles. The van der Waals surface area contributed by atoms with Crippen molar-refractivity contribution < 1.29 is 8.42 Å². The summed E-state index contributed by atoms with van der Waals surface area (Å²) in [7, 11) is -3.12. The van der Waals surface area contributed by atoms with Gasteiger partial charge in [0, 0.05) is 10.8 Å². The van der Waals surface area contributed by atoms with Crippen LogP contribution in [0.3, 0.4) is 0 Å². The van der Waals surface area contributed by atoms with Crippen LogP contribution in [0.5, 0.6) is 0 Å². The van der Waals surface area contributed by atoms with Crippen molar-refractivity contribution in [3.63, 3.8) is 0 Å². The Bertz CT molecular complexity index is 637. The fraction of sp³-hybridized carbons (Fsp3) is 0.385. The molecule has 0 fully saturated rings. The molecule has 0 N–H and O–H groups in total. The number of benzene rings is 1. The second kappa shape index (κ2) is 3.45. The lowest BCUT2D eigenvalue weighted by atomic mass is 9.82. The molecule has 1 aromatic carbocycles. The van der Waals surface area contributed by atoms with Crippen LogP contribution in [0.4, 0.5) is 0 Å². The highest BCUT2D eigenvalue weighted by molar-refractivity contribution is 8.06. The van der Waals surface area contributed by atoms with Crippen molar-refractivity contribution in [2.24, 2.45) is 0 Å². The first kappa shape index (κ1) is 11.4. The maximum absolute atomic E-state index is 11.4. The third kappa shape index (κ3) is 1.92. The molecule has 3 heteroatoms. The van der Waals surface area contributed by atoms with E-state index in [1.165, 1.54) is 16.4 Å². The Balaban J connectivity index is 2.66. The Kier molecular flexibility index (Phi) is 2.46. The standard InChI is InChI=1S/C13H16O2S/c1-4-13(2,3)12-6-5-10-8-16(14,15)9-11(10)7-12/h5-9H,4H2,1-3H3. The van der Waals surface area contributed by atoms with Gasteiger partial charge in [-0.05, 0) is 33.9 Å². The zero-order valence-corrected chi connectivity index (χ0v) is 10.6. The van der Waals surface area contributed by atoms with Gasteiger partial charge in [-0.25, -0.2) is 8.42 Å². The zero-order chi connectivity index (χ0) is 12.0. The van der Waals surface area contributed by atoms with Crippen LogP contribution in [0, 0.1) is 0 Å². The normalized spacial score (nSPS) is 17.4. The van der Waals surface area contributed by atoms with E-state index in [-0.39, 0.29) is 5.41 Å². The molecule has 0 aromatic heterocycles. The monoisotopic (exact) mass is 236 g/mol. The average molecular weight is 236 g/mol. The first-order chi connectivity index (χ1) is 7.34. The number of hydrogen-bond acceptors (Lipinski definition) is 2. The number of sulfone groups is 1. The molecule has 0 unspecified atom stereocenters. The van der Waals surface area contributed by atoms with Crippen molar-refractivity contribution >= 4 is 20.7 Å². The molecule has 0 radical (unpaired) electrons. The topological polar surface area (TPSA) is 34.1 Å². The van der Waals surface area contributed by atoms with E-state index in [1.807, 2.05) is 18.2 Å². The summed E-state index contributed by atoms with van der Waals surface area (Å²) in [5.41, 5.74) is 1.28. The van der Waals surface area contributed by atoms with Crippen molar-refractivity contribution in [2.45, 2.75) is 32.6 Å². The van der Waals surface area contributed by atoms with Gasteiger partial charge in [-0.15, -0.1) is 0 Å². The lowest BCUT2D eigenvalue weighted by Crippen LogP contribution is -2.25. The molecular formula is C13H16O2S. The Morgan fingerprint density at radius 3 is 2.38 bits per heavy atom. The molecule has 1 aliphatic rings. The lowest BCUT2D eigenvalue weighted by molar-refractivity contribution is 0.506.